The Morgan fingerprint density at radius 3 is 2.84 bits per heavy atom. The first-order valence-electron chi connectivity index (χ1n) is 5.71. The molecule has 6 nitrogen and oxygen atoms in total. The maximum absolute atomic E-state index is 12.2. The van der Waals surface area contributed by atoms with Crippen LogP contribution in [-0.4, -0.2) is 23.7 Å². The molecule has 102 valence electrons. The number of rotatable bonds is 5. The second kappa shape index (κ2) is 5.52. The Bertz CT molecular complexity index is 651. The van der Waals surface area contributed by atoms with Crippen LogP contribution >= 0.6 is 0 Å². The second-order valence-corrected chi connectivity index (χ2v) is 5.86. The van der Waals surface area contributed by atoms with E-state index in [1.807, 2.05) is 0 Å². The van der Waals surface area contributed by atoms with Crippen LogP contribution in [0.1, 0.15) is 16.7 Å². The zero-order valence-electron chi connectivity index (χ0n) is 10.4. The van der Waals surface area contributed by atoms with Crippen LogP contribution in [-0.2, 0) is 23.2 Å². The van der Waals surface area contributed by atoms with Crippen molar-refractivity contribution in [1.29, 1.82) is 0 Å². The number of aromatic amines is 1. The number of H-pyrrole nitrogens is 1. The van der Waals surface area contributed by atoms with E-state index in [1.165, 1.54) is 6.07 Å². The van der Waals surface area contributed by atoms with Crippen LogP contribution in [0, 0.1) is 6.92 Å². The predicted molar refractivity (Wildman–Crippen MR) is 69.7 cm³/mol. The molecule has 0 amide bonds. The molecular formula is C12H15N3O3S. The minimum atomic E-state index is -3.60. The minimum absolute atomic E-state index is 0.168. The first-order valence-corrected chi connectivity index (χ1v) is 7.19. The van der Waals surface area contributed by atoms with E-state index in [9.17, 15) is 8.42 Å². The quantitative estimate of drug-likeness (QED) is 0.751. The molecule has 2 aromatic rings. The highest BCUT2D eigenvalue weighted by atomic mass is 32.2. The lowest BCUT2D eigenvalue weighted by atomic mass is 10.1. The van der Waals surface area contributed by atoms with Crippen LogP contribution in [0.15, 0.2) is 35.5 Å². The van der Waals surface area contributed by atoms with E-state index in [0.29, 0.717) is 11.1 Å². The normalized spacial score (nSPS) is 11.7. The van der Waals surface area contributed by atoms with Crippen LogP contribution in [0.5, 0.6) is 0 Å². The minimum Gasteiger partial charge on any atom is -0.392 e. The van der Waals surface area contributed by atoms with E-state index in [4.69, 9.17) is 5.11 Å². The largest absolute Gasteiger partial charge is 0.392 e. The molecule has 0 unspecified atom stereocenters. The summed E-state index contributed by atoms with van der Waals surface area (Å²) in [5, 5.41) is 15.5. The van der Waals surface area contributed by atoms with Gasteiger partial charge in [0.1, 0.15) is 0 Å². The molecule has 0 aliphatic carbocycles. The molecule has 1 aromatic heterocycles. The molecule has 19 heavy (non-hydrogen) atoms. The number of aromatic nitrogens is 2. The van der Waals surface area contributed by atoms with E-state index >= 15 is 0 Å². The van der Waals surface area contributed by atoms with Crippen LogP contribution < -0.4 is 4.72 Å². The van der Waals surface area contributed by atoms with Crippen molar-refractivity contribution in [2.75, 3.05) is 0 Å². The van der Waals surface area contributed by atoms with E-state index in [2.05, 4.69) is 14.9 Å². The van der Waals surface area contributed by atoms with Crippen molar-refractivity contribution >= 4 is 10.0 Å². The van der Waals surface area contributed by atoms with Gasteiger partial charge in [-0.25, -0.2) is 13.1 Å². The zero-order valence-corrected chi connectivity index (χ0v) is 11.2. The topological polar surface area (TPSA) is 95.1 Å². The number of nitrogens with one attached hydrogen (secondary N) is 2. The van der Waals surface area contributed by atoms with Gasteiger partial charge in [-0.1, -0.05) is 12.1 Å². The molecule has 0 saturated carbocycles. The fourth-order valence-electron chi connectivity index (χ4n) is 1.75. The van der Waals surface area contributed by atoms with E-state index in [-0.39, 0.29) is 18.0 Å². The number of hydrogen-bond acceptors (Lipinski definition) is 4. The van der Waals surface area contributed by atoms with Crippen molar-refractivity contribution < 1.29 is 13.5 Å². The van der Waals surface area contributed by atoms with Gasteiger partial charge in [0.25, 0.3) is 0 Å². The average molecular weight is 281 g/mol. The van der Waals surface area contributed by atoms with E-state index < -0.39 is 10.0 Å². The Labute approximate surface area is 111 Å². The van der Waals surface area contributed by atoms with Gasteiger partial charge in [-0.15, -0.1) is 0 Å². The van der Waals surface area contributed by atoms with Crippen molar-refractivity contribution in [3.63, 3.8) is 0 Å². The lowest BCUT2D eigenvalue weighted by molar-refractivity contribution is 0.280. The Balaban J connectivity index is 2.24. The molecule has 0 spiro atoms. The highest BCUT2D eigenvalue weighted by molar-refractivity contribution is 7.89. The number of aliphatic hydroxyl groups excluding tert-OH is 1. The summed E-state index contributed by atoms with van der Waals surface area (Å²) >= 11 is 0. The molecule has 0 aliphatic heterocycles. The number of aliphatic hydroxyl groups is 1. The summed E-state index contributed by atoms with van der Waals surface area (Å²) in [7, 11) is -3.60. The van der Waals surface area contributed by atoms with Crippen LogP contribution in [0.4, 0.5) is 0 Å². The van der Waals surface area contributed by atoms with Gasteiger partial charge in [-0.3, -0.25) is 5.10 Å². The van der Waals surface area contributed by atoms with Gasteiger partial charge in [-0.05, 0) is 24.1 Å². The Morgan fingerprint density at radius 2 is 2.21 bits per heavy atom. The monoisotopic (exact) mass is 281 g/mol. The van der Waals surface area contributed by atoms with Gasteiger partial charge >= 0.3 is 0 Å². The Morgan fingerprint density at radius 1 is 1.42 bits per heavy atom. The Hall–Kier alpha value is -1.70. The van der Waals surface area contributed by atoms with Crippen molar-refractivity contribution in [1.82, 2.24) is 14.9 Å². The van der Waals surface area contributed by atoms with Gasteiger partial charge in [0.05, 0.1) is 17.7 Å². The molecule has 0 bridgehead atoms. The Kier molecular flexibility index (Phi) is 3.98. The molecule has 1 heterocycles. The van der Waals surface area contributed by atoms with E-state index in [1.54, 1.807) is 31.5 Å². The number of nitrogens with zero attached hydrogens (tertiary/aromatic N) is 1. The third-order valence-corrected chi connectivity index (χ3v) is 4.42. The SMILES string of the molecule is Cc1c(CO)cccc1S(=O)(=O)NCc1cn[nH]c1. The second-order valence-electron chi connectivity index (χ2n) is 4.13. The highest BCUT2D eigenvalue weighted by Gasteiger charge is 2.17. The summed E-state index contributed by atoms with van der Waals surface area (Å²) in [6, 6.07) is 4.83. The molecule has 0 fully saturated rings. The molecule has 3 N–H and O–H groups in total. The zero-order chi connectivity index (χ0) is 13.9. The van der Waals surface area contributed by atoms with Gasteiger partial charge in [0.2, 0.25) is 10.0 Å². The first-order chi connectivity index (χ1) is 9.04. The maximum atomic E-state index is 12.2. The molecular weight excluding hydrogens is 266 g/mol. The molecule has 0 aliphatic rings. The lowest BCUT2D eigenvalue weighted by Crippen LogP contribution is -2.24. The van der Waals surface area contributed by atoms with Gasteiger partial charge < -0.3 is 5.11 Å². The first kappa shape index (κ1) is 13.7. The van der Waals surface area contributed by atoms with Gasteiger partial charge in [0, 0.05) is 18.3 Å². The third kappa shape index (κ3) is 3.01. The highest BCUT2D eigenvalue weighted by Crippen LogP contribution is 2.19. The average Bonchev–Trinajstić information content (AvgIpc) is 2.90. The molecule has 2 rings (SSSR count). The van der Waals surface area contributed by atoms with Crippen molar-refractivity contribution in [2.24, 2.45) is 0 Å². The maximum Gasteiger partial charge on any atom is 0.241 e. The van der Waals surface area contributed by atoms with Crippen LogP contribution in [0.3, 0.4) is 0 Å². The van der Waals surface area contributed by atoms with Crippen molar-refractivity contribution in [3.05, 3.63) is 47.3 Å². The third-order valence-electron chi connectivity index (χ3n) is 2.88. The summed E-state index contributed by atoms with van der Waals surface area (Å²) in [5.74, 6) is 0. The number of hydrogen-bond donors (Lipinski definition) is 3. The summed E-state index contributed by atoms with van der Waals surface area (Å²) in [5.41, 5.74) is 1.91. The number of benzene rings is 1. The smallest absolute Gasteiger partial charge is 0.241 e. The van der Waals surface area contributed by atoms with Crippen molar-refractivity contribution in [3.8, 4) is 0 Å². The van der Waals surface area contributed by atoms with Gasteiger partial charge in [-0.2, -0.15) is 5.10 Å². The van der Waals surface area contributed by atoms with E-state index in [0.717, 1.165) is 5.56 Å². The fraction of sp³-hybridized carbons (Fsp3) is 0.250. The fourth-order valence-corrected chi connectivity index (χ4v) is 3.06. The molecule has 0 atom stereocenters. The molecule has 0 radical (unpaired) electrons. The standard InChI is InChI=1S/C12H15N3O3S/c1-9-11(8-16)3-2-4-12(9)19(17,18)15-7-10-5-13-14-6-10/h2-6,15-16H,7-8H2,1H3,(H,13,14). The van der Waals surface area contributed by atoms with Gasteiger partial charge in [0.15, 0.2) is 0 Å². The van der Waals surface area contributed by atoms with Crippen molar-refractivity contribution in [2.45, 2.75) is 25.0 Å². The number of sulfonamides is 1. The summed E-state index contributed by atoms with van der Waals surface area (Å²) in [6.07, 6.45) is 3.18. The summed E-state index contributed by atoms with van der Waals surface area (Å²) in [6.45, 7) is 1.66. The van der Waals surface area contributed by atoms with Crippen LogP contribution in [0.2, 0.25) is 0 Å². The summed E-state index contributed by atoms with van der Waals surface area (Å²) < 4.78 is 26.9. The molecule has 7 heteroatoms. The van der Waals surface area contributed by atoms with Crippen LogP contribution in [0.25, 0.3) is 0 Å². The lowest BCUT2D eigenvalue weighted by Gasteiger charge is -2.11. The molecule has 1 aromatic carbocycles. The summed E-state index contributed by atoms with van der Waals surface area (Å²) in [4.78, 5) is 0.183. The predicted octanol–water partition coefficient (Wildman–Crippen LogP) is 0.689. The molecule has 0 saturated heterocycles.